The summed E-state index contributed by atoms with van der Waals surface area (Å²) in [7, 11) is 1.94. The molecule has 1 rings (SSSR count). The lowest BCUT2D eigenvalue weighted by Gasteiger charge is -2.06. The van der Waals surface area contributed by atoms with Gasteiger partial charge in [-0.1, -0.05) is 5.92 Å². The van der Waals surface area contributed by atoms with Gasteiger partial charge in [-0.3, -0.25) is 5.32 Å². The van der Waals surface area contributed by atoms with Gasteiger partial charge in [0.25, 0.3) is 0 Å². The third kappa shape index (κ3) is 2.30. The van der Waals surface area contributed by atoms with Gasteiger partial charge >= 0.3 is 0 Å². The largest absolute Gasteiger partial charge is 0.317 e. The molecule has 0 saturated carbocycles. The maximum absolute atomic E-state index is 5.22. The summed E-state index contributed by atoms with van der Waals surface area (Å²) in [6, 6.07) is 0.0667. The van der Waals surface area contributed by atoms with Gasteiger partial charge in [0.15, 0.2) is 0 Å². The molecule has 0 aliphatic rings. The highest BCUT2D eigenvalue weighted by Crippen LogP contribution is 1.96. The molecule has 0 saturated heterocycles. The number of aromatic nitrogens is 3. The van der Waals surface area contributed by atoms with Crippen LogP contribution in [0.15, 0.2) is 0 Å². The van der Waals surface area contributed by atoms with Crippen LogP contribution >= 0.6 is 0 Å². The summed E-state index contributed by atoms with van der Waals surface area (Å²) in [5.41, 5.74) is 0. The summed E-state index contributed by atoms with van der Waals surface area (Å²) in [5, 5.41) is 11.1. The monoisotopic (exact) mass is 178 g/mol. The second-order valence-electron chi connectivity index (χ2n) is 2.99. The number of hydrogen-bond donors (Lipinski definition) is 1. The standard InChI is InChI=1S/C9H14N4/c1-5-7(2)10-6-9-12-11-8(3)13(9)4/h1,7,10H,6H2,2-4H3. The summed E-state index contributed by atoms with van der Waals surface area (Å²) in [6.07, 6.45) is 5.22. The van der Waals surface area contributed by atoms with Crippen LogP contribution in [-0.4, -0.2) is 20.8 Å². The Balaban J connectivity index is 2.56. The van der Waals surface area contributed by atoms with E-state index in [1.807, 2.05) is 25.5 Å². The van der Waals surface area contributed by atoms with Crippen LogP contribution in [-0.2, 0) is 13.6 Å². The van der Waals surface area contributed by atoms with E-state index in [-0.39, 0.29) is 6.04 Å². The van der Waals surface area contributed by atoms with Crippen molar-refractivity contribution in [2.24, 2.45) is 7.05 Å². The molecule has 4 nitrogen and oxygen atoms in total. The molecule has 0 aliphatic heterocycles. The molecule has 0 bridgehead atoms. The molecule has 13 heavy (non-hydrogen) atoms. The van der Waals surface area contributed by atoms with Crippen molar-refractivity contribution >= 4 is 0 Å². The van der Waals surface area contributed by atoms with Gasteiger partial charge in [-0.2, -0.15) is 0 Å². The van der Waals surface area contributed by atoms with Crippen molar-refractivity contribution in [2.45, 2.75) is 26.4 Å². The SMILES string of the molecule is C#CC(C)NCc1nnc(C)n1C. The Morgan fingerprint density at radius 3 is 2.77 bits per heavy atom. The van der Waals surface area contributed by atoms with Gasteiger partial charge in [0.1, 0.15) is 11.6 Å². The molecule has 0 aliphatic carbocycles. The molecule has 1 heterocycles. The third-order valence-electron chi connectivity index (χ3n) is 2.00. The highest BCUT2D eigenvalue weighted by atomic mass is 15.3. The number of hydrogen-bond acceptors (Lipinski definition) is 3. The fourth-order valence-corrected chi connectivity index (χ4v) is 0.908. The van der Waals surface area contributed by atoms with Crippen LogP contribution < -0.4 is 5.32 Å². The minimum Gasteiger partial charge on any atom is -0.317 e. The van der Waals surface area contributed by atoms with Gasteiger partial charge in [-0.15, -0.1) is 16.6 Å². The minimum absolute atomic E-state index is 0.0667. The Labute approximate surface area is 78.4 Å². The van der Waals surface area contributed by atoms with Crippen LogP contribution in [0.25, 0.3) is 0 Å². The number of terminal acetylenes is 1. The van der Waals surface area contributed by atoms with Crippen LogP contribution in [0.4, 0.5) is 0 Å². The number of nitrogens with zero attached hydrogens (tertiary/aromatic N) is 3. The number of nitrogens with one attached hydrogen (secondary N) is 1. The molecule has 1 unspecified atom stereocenters. The molecular formula is C9H14N4. The fourth-order valence-electron chi connectivity index (χ4n) is 0.908. The minimum atomic E-state index is 0.0667. The zero-order valence-corrected chi connectivity index (χ0v) is 8.20. The Hall–Kier alpha value is -1.34. The molecule has 70 valence electrons. The second-order valence-corrected chi connectivity index (χ2v) is 2.99. The molecule has 0 aromatic carbocycles. The predicted molar refractivity (Wildman–Crippen MR) is 50.9 cm³/mol. The fraction of sp³-hybridized carbons (Fsp3) is 0.556. The third-order valence-corrected chi connectivity index (χ3v) is 2.00. The molecule has 0 fully saturated rings. The molecule has 1 N–H and O–H groups in total. The van der Waals surface area contributed by atoms with E-state index < -0.39 is 0 Å². The zero-order valence-electron chi connectivity index (χ0n) is 8.20. The van der Waals surface area contributed by atoms with Crippen LogP contribution in [0.1, 0.15) is 18.6 Å². The smallest absolute Gasteiger partial charge is 0.146 e. The van der Waals surface area contributed by atoms with Gasteiger partial charge in [-0.05, 0) is 13.8 Å². The van der Waals surface area contributed by atoms with Crippen molar-refractivity contribution in [3.8, 4) is 12.3 Å². The summed E-state index contributed by atoms with van der Waals surface area (Å²) in [6.45, 7) is 4.51. The Kier molecular flexibility index (Phi) is 3.04. The van der Waals surface area contributed by atoms with E-state index in [1.165, 1.54) is 0 Å². The van der Waals surface area contributed by atoms with Gasteiger partial charge in [0, 0.05) is 7.05 Å². The van der Waals surface area contributed by atoms with Gasteiger partial charge in [0.2, 0.25) is 0 Å². The van der Waals surface area contributed by atoms with E-state index in [4.69, 9.17) is 6.42 Å². The molecule has 1 aromatic rings. The van der Waals surface area contributed by atoms with Gasteiger partial charge in [0.05, 0.1) is 12.6 Å². The van der Waals surface area contributed by atoms with Crippen LogP contribution in [0.5, 0.6) is 0 Å². The van der Waals surface area contributed by atoms with Crippen LogP contribution in [0.2, 0.25) is 0 Å². The second kappa shape index (κ2) is 4.06. The van der Waals surface area contributed by atoms with E-state index in [2.05, 4.69) is 21.4 Å². The highest BCUT2D eigenvalue weighted by molar-refractivity contribution is 4.98. The normalized spacial score (nSPS) is 12.5. The lowest BCUT2D eigenvalue weighted by atomic mass is 10.3. The molecule has 0 radical (unpaired) electrons. The lowest BCUT2D eigenvalue weighted by Crippen LogP contribution is -2.25. The summed E-state index contributed by atoms with van der Waals surface area (Å²) >= 11 is 0. The van der Waals surface area contributed by atoms with Gasteiger partial charge in [-0.25, -0.2) is 0 Å². The first-order valence-electron chi connectivity index (χ1n) is 4.19. The molecule has 0 amide bonds. The molecule has 1 aromatic heterocycles. The van der Waals surface area contributed by atoms with Crippen molar-refractivity contribution in [3.05, 3.63) is 11.6 Å². The van der Waals surface area contributed by atoms with E-state index in [1.54, 1.807) is 0 Å². The van der Waals surface area contributed by atoms with Crippen molar-refractivity contribution in [3.63, 3.8) is 0 Å². The van der Waals surface area contributed by atoms with Crippen LogP contribution in [0.3, 0.4) is 0 Å². The molecule has 0 spiro atoms. The first-order valence-corrected chi connectivity index (χ1v) is 4.19. The topological polar surface area (TPSA) is 42.7 Å². The number of aryl methyl sites for hydroxylation is 1. The number of rotatable bonds is 3. The van der Waals surface area contributed by atoms with Crippen molar-refractivity contribution in [1.29, 1.82) is 0 Å². The maximum Gasteiger partial charge on any atom is 0.146 e. The van der Waals surface area contributed by atoms with Crippen molar-refractivity contribution in [2.75, 3.05) is 0 Å². The first-order chi connectivity index (χ1) is 6.15. The lowest BCUT2D eigenvalue weighted by molar-refractivity contribution is 0.604. The summed E-state index contributed by atoms with van der Waals surface area (Å²) < 4.78 is 1.94. The van der Waals surface area contributed by atoms with Crippen molar-refractivity contribution in [1.82, 2.24) is 20.1 Å². The van der Waals surface area contributed by atoms with Crippen molar-refractivity contribution < 1.29 is 0 Å². The van der Waals surface area contributed by atoms with Crippen LogP contribution in [0, 0.1) is 19.3 Å². The molecular weight excluding hydrogens is 164 g/mol. The first kappa shape index (κ1) is 9.75. The average Bonchev–Trinajstić information content (AvgIpc) is 2.44. The Morgan fingerprint density at radius 2 is 2.31 bits per heavy atom. The van der Waals surface area contributed by atoms with E-state index in [0.717, 1.165) is 11.6 Å². The average molecular weight is 178 g/mol. The zero-order chi connectivity index (χ0) is 9.84. The maximum atomic E-state index is 5.22. The Morgan fingerprint density at radius 1 is 1.62 bits per heavy atom. The van der Waals surface area contributed by atoms with Gasteiger partial charge < -0.3 is 4.57 Å². The quantitative estimate of drug-likeness (QED) is 0.674. The van der Waals surface area contributed by atoms with E-state index in [0.29, 0.717) is 6.54 Å². The summed E-state index contributed by atoms with van der Waals surface area (Å²) in [5.74, 6) is 4.40. The molecule has 4 heteroatoms. The Bertz CT molecular complexity index is 321. The highest BCUT2D eigenvalue weighted by Gasteiger charge is 2.04. The van der Waals surface area contributed by atoms with E-state index in [9.17, 15) is 0 Å². The molecule has 1 atom stereocenters. The summed E-state index contributed by atoms with van der Waals surface area (Å²) in [4.78, 5) is 0. The predicted octanol–water partition coefficient (Wildman–Crippen LogP) is 0.235. The van der Waals surface area contributed by atoms with E-state index >= 15 is 0 Å².